The Morgan fingerprint density at radius 2 is 1.32 bits per heavy atom. The van der Waals surface area contributed by atoms with Gasteiger partial charge in [-0.2, -0.15) is 0 Å². The molecule has 8 nitrogen and oxygen atoms in total. The van der Waals surface area contributed by atoms with Gasteiger partial charge in [0, 0.05) is 0 Å². The van der Waals surface area contributed by atoms with Crippen molar-refractivity contribution >= 4 is 18.5 Å². The van der Waals surface area contributed by atoms with E-state index in [-0.39, 0.29) is 12.6 Å². The predicted molar refractivity (Wildman–Crippen MR) is 109 cm³/mol. The average Bonchev–Trinajstić information content (AvgIpc) is 2.51. The molecule has 0 saturated heterocycles. The van der Waals surface area contributed by atoms with Crippen LogP contribution in [0.2, 0.25) is 0 Å². The van der Waals surface area contributed by atoms with Crippen molar-refractivity contribution in [2.24, 2.45) is 0 Å². The van der Waals surface area contributed by atoms with Gasteiger partial charge in [0.25, 0.3) is 0 Å². The molecule has 2 atom stereocenters. The number of rotatable bonds is 8. The first-order chi connectivity index (χ1) is 12.8. The topological polar surface area (TPSA) is 114 Å². The first-order valence-corrected chi connectivity index (χ1v) is 9.83. The van der Waals surface area contributed by atoms with E-state index in [2.05, 4.69) is 10.6 Å². The maximum atomic E-state index is 11.3. The number of ether oxygens (including phenoxy) is 2. The van der Waals surface area contributed by atoms with E-state index in [1.165, 1.54) is 0 Å². The van der Waals surface area contributed by atoms with Crippen LogP contribution in [0.4, 0.5) is 9.59 Å². The summed E-state index contributed by atoms with van der Waals surface area (Å²) >= 11 is 0. The average molecular weight is 405 g/mol. The Hall–Kier alpha value is -1.83. The highest BCUT2D eigenvalue weighted by atomic mass is 16.6. The van der Waals surface area contributed by atoms with E-state index in [1.807, 2.05) is 13.8 Å². The Bertz CT molecular complexity index is 455. The lowest BCUT2D eigenvalue weighted by molar-refractivity contribution is -0.109. The zero-order chi connectivity index (χ0) is 22.4. The van der Waals surface area contributed by atoms with Crippen molar-refractivity contribution in [1.29, 1.82) is 0 Å². The summed E-state index contributed by atoms with van der Waals surface area (Å²) in [5.74, 6) is 0. The number of alkyl carbamates (subject to hydrolysis) is 2. The highest BCUT2D eigenvalue weighted by Gasteiger charge is 2.19. The van der Waals surface area contributed by atoms with Crippen LogP contribution in [0.25, 0.3) is 0 Å². The normalized spacial score (nSPS) is 13.3. The van der Waals surface area contributed by atoms with Gasteiger partial charge in [0.15, 0.2) is 0 Å². The Morgan fingerprint density at radius 3 is 1.64 bits per heavy atom. The summed E-state index contributed by atoms with van der Waals surface area (Å²) in [7, 11) is 0. The molecule has 0 bridgehead atoms. The summed E-state index contributed by atoms with van der Waals surface area (Å²) < 4.78 is 10.1. The minimum Gasteiger partial charge on any atom is -0.444 e. The van der Waals surface area contributed by atoms with Crippen molar-refractivity contribution in [2.45, 2.75) is 104 Å². The third-order valence-corrected chi connectivity index (χ3v) is 3.04. The van der Waals surface area contributed by atoms with Gasteiger partial charge in [-0.25, -0.2) is 9.59 Å². The quantitative estimate of drug-likeness (QED) is 0.533. The van der Waals surface area contributed by atoms with Crippen LogP contribution < -0.4 is 10.6 Å². The second kappa shape index (κ2) is 14.2. The molecule has 0 rings (SSSR count). The molecular formula is C20H40N2O6. The Morgan fingerprint density at radius 1 is 0.893 bits per heavy atom. The van der Waals surface area contributed by atoms with Crippen molar-refractivity contribution in [3.63, 3.8) is 0 Å². The fourth-order valence-corrected chi connectivity index (χ4v) is 1.98. The zero-order valence-corrected chi connectivity index (χ0v) is 18.8. The Kier molecular flexibility index (Phi) is 14.4. The number of carbonyl (C=O) groups excluding carboxylic acids is 3. The third kappa shape index (κ3) is 18.9. The largest absolute Gasteiger partial charge is 0.444 e. The maximum Gasteiger partial charge on any atom is 0.408 e. The molecular weight excluding hydrogens is 364 g/mol. The summed E-state index contributed by atoms with van der Waals surface area (Å²) in [4.78, 5) is 33.0. The molecule has 8 heteroatoms. The van der Waals surface area contributed by atoms with Gasteiger partial charge in [0.1, 0.15) is 17.5 Å². The summed E-state index contributed by atoms with van der Waals surface area (Å²) in [5, 5.41) is 14.0. The first kappa shape index (κ1) is 28.4. The third-order valence-electron chi connectivity index (χ3n) is 3.04. The maximum absolute atomic E-state index is 11.3. The van der Waals surface area contributed by atoms with Gasteiger partial charge in [0.05, 0.1) is 18.7 Å². The zero-order valence-electron chi connectivity index (χ0n) is 18.8. The van der Waals surface area contributed by atoms with Gasteiger partial charge in [0.2, 0.25) is 0 Å². The number of carbonyl (C=O) groups is 3. The smallest absolute Gasteiger partial charge is 0.408 e. The van der Waals surface area contributed by atoms with Crippen LogP contribution in [-0.4, -0.2) is 53.5 Å². The standard InChI is InChI=1S/C10H21NO3.C10H19NO3/c2*1-5-6-8(7-12)11-9(13)14-10(2,3)4/h8,12H,5-7H2,1-4H3,(H,11,13);7-8H,5-6H2,1-4H3,(H,11,13). The molecule has 2 amide bonds. The molecule has 0 heterocycles. The molecule has 0 fully saturated rings. The number of amides is 2. The van der Waals surface area contributed by atoms with E-state index in [0.717, 1.165) is 25.5 Å². The molecule has 28 heavy (non-hydrogen) atoms. The molecule has 3 N–H and O–H groups in total. The van der Waals surface area contributed by atoms with E-state index in [4.69, 9.17) is 14.6 Å². The van der Waals surface area contributed by atoms with E-state index in [9.17, 15) is 14.4 Å². The second-order valence-electron chi connectivity index (χ2n) is 8.49. The molecule has 0 radical (unpaired) electrons. The van der Waals surface area contributed by atoms with E-state index in [1.54, 1.807) is 41.5 Å². The van der Waals surface area contributed by atoms with Crippen molar-refractivity contribution in [2.75, 3.05) is 6.61 Å². The molecule has 0 aromatic carbocycles. The molecule has 2 unspecified atom stereocenters. The fourth-order valence-electron chi connectivity index (χ4n) is 1.98. The van der Waals surface area contributed by atoms with Gasteiger partial charge < -0.3 is 30.0 Å². The highest BCUT2D eigenvalue weighted by molar-refractivity contribution is 5.73. The fraction of sp³-hybridized carbons (Fsp3) is 0.850. The summed E-state index contributed by atoms with van der Waals surface area (Å²) in [6.07, 6.45) is 2.89. The SMILES string of the molecule is CCCC(C=O)NC(=O)OC(C)(C)C.CCCC(CO)NC(=O)OC(C)(C)C. The minimum atomic E-state index is -0.539. The summed E-state index contributed by atoms with van der Waals surface area (Å²) in [5.41, 5.74) is -1.01. The lowest BCUT2D eigenvalue weighted by atomic mass is 10.2. The van der Waals surface area contributed by atoms with Gasteiger partial charge >= 0.3 is 12.2 Å². The Labute approximate surface area is 169 Å². The molecule has 0 aliphatic carbocycles. The van der Waals surface area contributed by atoms with Crippen LogP contribution >= 0.6 is 0 Å². The van der Waals surface area contributed by atoms with Crippen molar-refractivity contribution in [3.05, 3.63) is 0 Å². The van der Waals surface area contributed by atoms with Crippen LogP contribution in [0, 0.1) is 0 Å². The number of aliphatic hydroxyl groups excluding tert-OH is 1. The van der Waals surface area contributed by atoms with Crippen LogP contribution in [0.15, 0.2) is 0 Å². The van der Waals surface area contributed by atoms with E-state index in [0.29, 0.717) is 6.42 Å². The lowest BCUT2D eigenvalue weighted by Gasteiger charge is -2.22. The number of nitrogens with one attached hydrogen (secondary N) is 2. The van der Waals surface area contributed by atoms with Crippen LogP contribution in [0.1, 0.15) is 81.1 Å². The minimum absolute atomic E-state index is 0.0485. The van der Waals surface area contributed by atoms with Crippen LogP contribution in [0.3, 0.4) is 0 Å². The first-order valence-electron chi connectivity index (χ1n) is 9.83. The lowest BCUT2D eigenvalue weighted by Crippen LogP contribution is -2.40. The van der Waals surface area contributed by atoms with Crippen molar-refractivity contribution < 1.29 is 29.0 Å². The van der Waals surface area contributed by atoms with Gasteiger partial charge in [-0.1, -0.05) is 26.7 Å². The molecule has 166 valence electrons. The molecule has 0 spiro atoms. The molecule has 0 aliphatic heterocycles. The van der Waals surface area contributed by atoms with E-state index >= 15 is 0 Å². The molecule has 0 aliphatic rings. The van der Waals surface area contributed by atoms with Crippen molar-refractivity contribution in [3.8, 4) is 0 Å². The van der Waals surface area contributed by atoms with Gasteiger partial charge in [-0.3, -0.25) is 0 Å². The number of aliphatic hydroxyl groups is 1. The van der Waals surface area contributed by atoms with Gasteiger partial charge in [-0.05, 0) is 54.4 Å². The Balaban J connectivity index is 0. The summed E-state index contributed by atoms with van der Waals surface area (Å²) in [6.45, 7) is 14.7. The molecule has 0 aromatic heterocycles. The number of hydrogen-bond acceptors (Lipinski definition) is 6. The predicted octanol–water partition coefficient (Wildman–Crippen LogP) is 3.55. The number of hydrogen-bond donors (Lipinski definition) is 3. The van der Waals surface area contributed by atoms with Crippen LogP contribution in [-0.2, 0) is 14.3 Å². The second-order valence-corrected chi connectivity index (χ2v) is 8.49. The van der Waals surface area contributed by atoms with Gasteiger partial charge in [-0.15, -0.1) is 0 Å². The molecule has 0 aromatic rings. The van der Waals surface area contributed by atoms with Crippen LogP contribution in [0.5, 0.6) is 0 Å². The molecule has 0 saturated carbocycles. The van der Waals surface area contributed by atoms with Crippen molar-refractivity contribution in [1.82, 2.24) is 10.6 Å². The monoisotopic (exact) mass is 404 g/mol. The summed E-state index contributed by atoms with van der Waals surface area (Å²) in [6, 6.07) is -0.635. The highest BCUT2D eigenvalue weighted by Crippen LogP contribution is 2.08. The number of aldehydes is 1. The van der Waals surface area contributed by atoms with E-state index < -0.39 is 29.4 Å².